The molecule has 1 amide bonds. The van der Waals surface area contributed by atoms with E-state index >= 15 is 0 Å². The lowest BCUT2D eigenvalue weighted by Gasteiger charge is -2.19. The minimum Gasteiger partial charge on any atom is -0.348 e. The summed E-state index contributed by atoms with van der Waals surface area (Å²) in [7, 11) is 0. The molecule has 0 saturated carbocycles. The van der Waals surface area contributed by atoms with Crippen molar-refractivity contribution in [1.82, 2.24) is 5.32 Å². The number of nitrogens with one attached hydrogen (secondary N) is 1. The first-order valence-corrected chi connectivity index (χ1v) is 7.92. The molecule has 1 rings (SSSR count). The Morgan fingerprint density at radius 2 is 2.16 bits per heavy atom. The highest BCUT2D eigenvalue weighted by Gasteiger charge is 2.16. The largest absolute Gasteiger partial charge is 0.348 e. The maximum Gasteiger partial charge on any atom is 0.253 e. The van der Waals surface area contributed by atoms with E-state index in [-0.39, 0.29) is 11.9 Å². The Hall–Kier alpha value is -0.710. The number of carbonyl (C=O) groups excluding carboxylic acids is 1. The fraction of sp³-hybridized carbons (Fsp3) is 0.500. The lowest BCUT2D eigenvalue weighted by molar-refractivity contribution is 0.0933. The lowest BCUT2D eigenvalue weighted by Crippen LogP contribution is -2.41. The third-order valence-corrected chi connectivity index (χ3v) is 3.85. The van der Waals surface area contributed by atoms with E-state index in [0.717, 1.165) is 11.3 Å². The zero-order chi connectivity index (χ0) is 14.4. The zero-order valence-electron chi connectivity index (χ0n) is 11.6. The summed E-state index contributed by atoms with van der Waals surface area (Å²) in [6, 6.07) is 5.45. The standard InChI is InChI=1S/C14H21ClN2OS/c1-9(2)6-10(8-16)17-14(18)12-7-11(19-3)4-5-13(12)15/h4-5,7,9-10H,6,8,16H2,1-3H3,(H,17,18). The van der Waals surface area contributed by atoms with E-state index < -0.39 is 0 Å². The van der Waals surface area contributed by atoms with Crippen LogP contribution in [-0.2, 0) is 0 Å². The number of carbonyl (C=O) groups is 1. The SMILES string of the molecule is CSc1ccc(Cl)c(C(=O)NC(CN)CC(C)C)c1. The smallest absolute Gasteiger partial charge is 0.253 e. The van der Waals surface area contributed by atoms with Crippen molar-refractivity contribution in [2.24, 2.45) is 11.7 Å². The number of halogens is 1. The number of rotatable bonds is 6. The summed E-state index contributed by atoms with van der Waals surface area (Å²) in [6.07, 6.45) is 2.83. The van der Waals surface area contributed by atoms with Crippen LogP contribution in [0.2, 0.25) is 5.02 Å². The summed E-state index contributed by atoms with van der Waals surface area (Å²) in [6.45, 7) is 4.65. The summed E-state index contributed by atoms with van der Waals surface area (Å²) in [4.78, 5) is 13.2. The van der Waals surface area contributed by atoms with Crippen LogP contribution in [0.15, 0.2) is 23.1 Å². The molecule has 3 N–H and O–H groups in total. The number of amides is 1. The molecule has 1 aromatic rings. The van der Waals surface area contributed by atoms with Crippen molar-refractivity contribution in [3.8, 4) is 0 Å². The third kappa shape index (κ3) is 5.05. The van der Waals surface area contributed by atoms with Crippen LogP contribution >= 0.6 is 23.4 Å². The van der Waals surface area contributed by atoms with Gasteiger partial charge in [0.25, 0.3) is 5.91 Å². The van der Waals surface area contributed by atoms with E-state index in [1.165, 1.54) is 0 Å². The third-order valence-electron chi connectivity index (χ3n) is 2.79. The molecule has 1 unspecified atom stereocenters. The average Bonchev–Trinajstić information content (AvgIpc) is 2.37. The van der Waals surface area contributed by atoms with Gasteiger partial charge in [-0.2, -0.15) is 0 Å². The van der Waals surface area contributed by atoms with Crippen LogP contribution in [0.4, 0.5) is 0 Å². The van der Waals surface area contributed by atoms with Crippen molar-refractivity contribution < 1.29 is 4.79 Å². The summed E-state index contributed by atoms with van der Waals surface area (Å²) >= 11 is 7.66. The Balaban J connectivity index is 2.81. The highest BCUT2D eigenvalue weighted by Crippen LogP contribution is 2.23. The van der Waals surface area contributed by atoms with Crippen LogP contribution in [0, 0.1) is 5.92 Å². The molecule has 0 bridgehead atoms. The van der Waals surface area contributed by atoms with Crippen LogP contribution in [0.5, 0.6) is 0 Å². The first kappa shape index (κ1) is 16.3. The molecule has 19 heavy (non-hydrogen) atoms. The predicted octanol–water partition coefficient (Wildman–Crippen LogP) is 3.17. The van der Waals surface area contributed by atoms with Gasteiger partial charge in [0.1, 0.15) is 0 Å². The van der Waals surface area contributed by atoms with Gasteiger partial charge in [-0.3, -0.25) is 4.79 Å². The first-order valence-electron chi connectivity index (χ1n) is 6.32. The Kier molecular flexibility index (Phi) is 6.69. The fourth-order valence-electron chi connectivity index (χ4n) is 1.85. The number of thioether (sulfide) groups is 1. The van der Waals surface area contributed by atoms with E-state index in [4.69, 9.17) is 17.3 Å². The molecule has 106 valence electrons. The monoisotopic (exact) mass is 300 g/mol. The molecule has 0 spiro atoms. The molecule has 0 saturated heterocycles. The molecular weight excluding hydrogens is 280 g/mol. The van der Waals surface area contributed by atoms with Crippen LogP contribution in [0.1, 0.15) is 30.6 Å². The van der Waals surface area contributed by atoms with Crippen molar-refractivity contribution in [2.45, 2.75) is 31.2 Å². The van der Waals surface area contributed by atoms with Gasteiger partial charge >= 0.3 is 0 Å². The Morgan fingerprint density at radius 1 is 1.47 bits per heavy atom. The highest BCUT2D eigenvalue weighted by atomic mass is 35.5. The quantitative estimate of drug-likeness (QED) is 0.794. The number of benzene rings is 1. The van der Waals surface area contributed by atoms with E-state index in [1.807, 2.05) is 18.4 Å². The van der Waals surface area contributed by atoms with Gasteiger partial charge in [0.05, 0.1) is 10.6 Å². The van der Waals surface area contributed by atoms with Gasteiger partial charge in [-0.15, -0.1) is 11.8 Å². The fourth-order valence-corrected chi connectivity index (χ4v) is 2.49. The van der Waals surface area contributed by atoms with Gasteiger partial charge < -0.3 is 11.1 Å². The minimum atomic E-state index is -0.156. The summed E-state index contributed by atoms with van der Waals surface area (Å²) in [5, 5.41) is 3.42. The van der Waals surface area contributed by atoms with E-state index in [0.29, 0.717) is 23.0 Å². The maximum absolute atomic E-state index is 12.2. The molecule has 5 heteroatoms. The van der Waals surface area contributed by atoms with Crippen LogP contribution < -0.4 is 11.1 Å². The van der Waals surface area contributed by atoms with Gasteiger partial charge in [-0.25, -0.2) is 0 Å². The number of nitrogens with two attached hydrogens (primary N) is 1. The normalized spacial score (nSPS) is 12.5. The Morgan fingerprint density at radius 3 is 2.68 bits per heavy atom. The van der Waals surface area contributed by atoms with Crippen molar-refractivity contribution >= 4 is 29.3 Å². The topological polar surface area (TPSA) is 55.1 Å². The van der Waals surface area contributed by atoms with Gasteiger partial charge in [-0.05, 0) is 36.8 Å². The molecule has 1 atom stereocenters. The van der Waals surface area contributed by atoms with Crippen molar-refractivity contribution in [1.29, 1.82) is 0 Å². The second-order valence-electron chi connectivity index (χ2n) is 4.88. The minimum absolute atomic E-state index is 0.0125. The van der Waals surface area contributed by atoms with Gasteiger partial charge in [-0.1, -0.05) is 25.4 Å². The summed E-state index contributed by atoms with van der Waals surface area (Å²) in [5.41, 5.74) is 6.20. The van der Waals surface area contributed by atoms with Crippen molar-refractivity contribution in [3.63, 3.8) is 0 Å². The van der Waals surface area contributed by atoms with Crippen LogP contribution in [0.3, 0.4) is 0 Å². The number of hydrogen-bond acceptors (Lipinski definition) is 3. The van der Waals surface area contributed by atoms with Gasteiger partial charge in [0.15, 0.2) is 0 Å². The van der Waals surface area contributed by atoms with Gasteiger partial charge in [0, 0.05) is 17.5 Å². The van der Waals surface area contributed by atoms with E-state index in [9.17, 15) is 4.79 Å². The molecule has 0 aliphatic rings. The van der Waals surface area contributed by atoms with Crippen LogP contribution in [0.25, 0.3) is 0 Å². The summed E-state index contributed by atoms with van der Waals surface area (Å²) < 4.78 is 0. The Labute approximate surface area is 124 Å². The molecule has 0 aliphatic heterocycles. The summed E-state index contributed by atoms with van der Waals surface area (Å²) in [5.74, 6) is 0.332. The second-order valence-corrected chi connectivity index (χ2v) is 6.17. The Bertz CT molecular complexity index is 437. The van der Waals surface area contributed by atoms with Crippen molar-refractivity contribution in [3.05, 3.63) is 28.8 Å². The molecule has 0 heterocycles. The van der Waals surface area contributed by atoms with E-state index in [1.54, 1.807) is 17.8 Å². The molecule has 0 fully saturated rings. The molecule has 0 aliphatic carbocycles. The lowest BCUT2D eigenvalue weighted by atomic mass is 10.0. The second kappa shape index (κ2) is 7.78. The molecular formula is C14H21ClN2OS. The molecule has 1 aromatic carbocycles. The zero-order valence-corrected chi connectivity index (χ0v) is 13.1. The average molecular weight is 301 g/mol. The van der Waals surface area contributed by atoms with E-state index in [2.05, 4.69) is 19.2 Å². The van der Waals surface area contributed by atoms with Crippen molar-refractivity contribution in [2.75, 3.05) is 12.8 Å². The van der Waals surface area contributed by atoms with Crippen LogP contribution in [-0.4, -0.2) is 24.7 Å². The molecule has 0 radical (unpaired) electrons. The van der Waals surface area contributed by atoms with Gasteiger partial charge in [0.2, 0.25) is 0 Å². The maximum atomic E-state index is 12.2. The molecule has 0 aromatic heterocycles. The number of hydrogen-bond donors (Lipinski definition) is 2. The molecule has 3 nitrogen and oxygen atoms in total. The first-order chi connectivity index (χ1) is 8.97. The highest BCUT2D eigenvalue weighted by molar-refractivity contribution is 7.98. The predicted molar refractivity (Wildman–Crippen MR) is 83.0 cm³/mol.